The normalized spacial score (nSPS) is 43.1. The number of hydrogen-bond donors (Lipinski definition) is 0. The zero-order valence-electron chi connectivity index (χ0n) is 32.3. The SMILES string of the molecule is CCCC1CC(C)C2C3CC(C(C(=O)OC4CCCCO4)C3C(=O)OC3CCCCO3)C12.CCCC1CC(C)CC1(C)C(=O)OC1CCCCO1. The van der Waals surface area contributed by atoms with Gasteiger partial charge in [0.2, 0.25) is 18.9 Å². The molecule has 14 atom stereocenters. The van der Waals surface area contributed by atoms with Crippen LogP contribution in [0.1, 0.15) is 144 Å². The molecule has 0 amide bonds. The molecule has 3 saturated heterocycles. The van der Waals surface area contributed by atoms with Gasteiger partial charge in [-0.2, -0.15) is 0 Å². The maximum absolute atomic E-state index is 13.5. The van der Waals surface area contributed by atoms with Crippen molar-refractivity contribution in [3.63, 3.8) is 0 Å². The quantitative estimate of drug-likeness (QED) is 0.162. The minimum atomic E-state index is -0.460. The number of rotatable bonds is 10. The Balaban J connectivity index is 0.000000202. The zero-order chi connectivity index (χ0) is 36.1. The summed E-state index contributed by atoms with van der Waals surface area (Å²) in [6.07, 6.45) is 16.3. The minimum absolute atomic E-state index is 0.0257. The van der Waals surface area contributed by atoms with Crippen molar-refractivity contribution in [1.29, 1.82) is 0 Å². The lowest BCUT2D eigenvalue weighted by atomic mass is 9.66. The van der Waals surface area contributed by atoms with Crippen LogP contribution in [0.15, 0.2) is 0 Å². The average molecular weight is 717 g/mol. The van der Waals surface area contributed by atoms with Crippen molar-refractivity contribution in [3.8, 4) is 0 Å². The summed E-state index contributed by atoms with van der Waals surface area (Å²) in [6.45, 7) is 13.1. The average Bonchev–Trinajstić information content (AvgIpc) is 3.87. The van der Waals surface area contributed by atoms with Crippen molar-refractivity contribution in [1.82, 2.24) is 0 Å². The van der Waals surface area contributed by atoms with Gasteiger partial charge in [-0.05, 0) is 125 Å². The molecule has 290 valence electrons. The number of fused-ring (bicyclic) bond motifs is 5. The van der Waals surface area contributed by atoms with Gasteiger partial charge in [0.15, 0.2) is 0 Å². The topological polar surface area (TPSA) is 107 Å². The van der Waals surface area contributed by atoms with E-state index in [0.29, 0.717) is 48.7 Å². The molecule has 3 aliphatic heterocycles. The van der Waals surface area contributed by atoms with Crippen molar-refractivity contribution in [3.05, 3.63) is 0 Å². The van der Waals surface area contributed by atoms with E-state index in [1.54, 1.807) is 0 Å². The van der Waals surface area contributed by atoms with E-state index in [9.17, 15) is 14.4 Å². The van der Waals surface area contributed by atoms with Crippen LogP contribution in [-0.2, 0) is 42.8 Å². The summed E-state index contributed by atoms with van der Waals surface area (Å²) in [5.41, 5.74) is -0.295. The van der Waals surface area contributed by atoms with Crippen LogP contribution in [0.3, 0.4) is 0 Å². The number of esters is 3. The molecule has 0 N–H and O–H groups in total. The summed E-state index contributed by atoms with van der Waals surface area (Å²) in [5.74, 6) is 2.60. The highest BCUT2D eigenvalue weighted by atomic mass is 16.7. The molecule has 7 rings (SSSR count). The van der Waals surface area contributed by atoms with Gasteiger partial charge in [-0.25, -0.2) is 0 Å². The first-order chi connectivity index (χ1) is 24.6. The van der Waals surface area contributed by atoms with Crippen LogP contribution >= 0.6 is 0 Å². The third kappa shape index (κ3) is 8.66. The first-order valence-corrected chi connectivity index (χ1v) is 21.1. The molecular formula is C42H68O9. The number of carbonyl (C=O) groups is 3. The highest BCUT2D eigenvalue weighted by Crippen LogP contribution is 2.67. The Morgan fingerprint density at radius 3 is 1.65 bits per heavy atom. The second-order valence-electron chi connectivity index (χ2n) is 17.6. The van der Waals surface area contributed by atoms with Gasteiger partial charge in [0.05, 0.1) is 37.1 Å². The Kier molecular flexibility index (Phi) is 13.5. The van der Waals surface area contributed by atoms with Gasteiger partial charge < -0.3 is 28.4 Å². The molecule has 3 heterocycles. The first-order valence-electron chi connectivity index (χ1n) is 21.1. The van der Waals surface area contributed by atoms with E-state index in [1.165, 1.54) is 19.3 Å². The van der Waals surface area contributed by atoms with Crippen molar-refractivity contribution < 1.29 is 42.8 Å². The van der Waals surface area contributed by atoms with Crippen molar-refractivity contribution in [2.24, 2.45) is 64.6 Å². The highest BCUT2D eigenvalue weighted by molar-refractivity contribution is 5.84. The van der Waals surface area contributed by atoms with Gasteiger partial charge in [0.1, 0.15) is 0 Å². The van der Waals surface area contributed by atoms with Crippen molar-refractivity contribution >= 4 is 17.9 Å². The van der Waals surface area contributed by atoms with Crippen LogP contribution in [0, 0.1) is 64.6 Å². The summed E-state index contributed by atoms with van der Waals surface area (Å²) >= 11 is 0. The Hall–Kier alpha value is -1.71. The molecule has 9 heteroatoms. The number of hydrogen-bond acceptors (Lipinski definition) is 9. The lowest BCUT2D eigenvalue weighted by molar-refractivity contribution is -0.207. The lowest BCUT2D eigenvalue weighted by Gasteiger charge is -2.39. The standard InChI is InChI=1S/C26H40O6.C16H28O3/c1-3-8-16-13-15(2)21-17-14-18(22(16)21)24(26(28)32-20-10-5-7-12-30-20)23(17)25(27)31-19-9-4-6-11-29-19;1-4-7-13-10-12(2)11-16(13,3)15(17)19-14-8-5-6-9-18-14/h15-24H,3-14H2,1-2H3;12-14H,4-11H2,1-3H3. The van der Waals surface area contributed by atoms with Gasteiger partial charge in [0, 0.05) is 19.3 Å². The molecule has 7 fully saturated rings. The minimum Gasteiger partial charge on any atom is -0.436 e. The van der Waals surface area contributed by atoms with Gasteiger partial charge in [-0.3, -0.25) is 14.4 Å². The maximum atomic E-state index is 13.5. The Morgan fingerprint density at radius 2 is 1.16 bits per heavy atom. The molecule has 4 aliphatic carbocycles. The zero-order valence-corrected chi connectivity index (χ0v) is 32.3. The molecule has 9 nitrogen and oxygen atoms in total. The summed E-state index contributed by atoms with van der Waals surface area (Å²) in [7, 11) is 0. The van der Waals surface area contributed by atoms with E-state index >= 15 is 0 Å². The van der Waals surface area contributed by atoms with Gasteiger partial charge >= 0.3 is 17.9 Å². The molecule has 0 aromatic heterocycles. The number of ether oxygens (including phenoxy) is 6. The molecule has 4 saturated carbocycles. The van der Waals surface area contributed by atoms with Crippen LogP contribution in [0.2, 0.25) is 0 Å². The lowest BCUT2D eigenvalue weighted by Crippen LogP contribution is -2.46. The van der Waals surface area contributed by atoms with E-state index < -0.39 is 24.4 Å². The first kappa shape index (κ1) is 39.0. The Morgan fingerprint density at radius 1 is 0.647 bits per heavy atom. The summed E-state index contributed by atoms with van der Waals surface area (Å²) in [4.78, 5) is 39.5. The van der Waals surface area contributed by atoms with E-state index in [0.717, 1.165) is 96.5 Å². The third-order valence-electron chi connectivity index (χ3n) is 14.0. The molecule has 51 heavy (non-hydrogen) atoms. The highest BCUT2D eigenvalue weighted by Gasteiger charge is 2.67. The van der Waals surface area contributed by atoms with E-state index in [2.05, 4.69) is 34.6 Å². The molecule has 0 spiro atoms. The molecular weight excluding hydrogens is 648 g/mol. The molecule has 0 radical (unpaired) electrons. The Bertz CT molecular complexity index is 1160. The molecule has 0 aromatic carbocycles. The molecule has 14 unspecified atom stereocenters. The largest absolute Gasteiger partial charge is 0.436 e. The van der Waals surface area contributed by atoms with E-state index in [-0.39, 0.29) is 41.4 Å². The molecule has 2 bridgehead atoms. The third-order valence-corrected chi connectivity index (χ3v) is 14.0. The van der Waals surface area contributed by atoms with Crippen molar-refractivity contribution in [2.75, 3.05) is 19.8 Å². The van der Waals surface area contributed by atoms with Gasteiger partial charge in [-0.15, -0.1) is 0 Å². The predicted molar refractivity (Wildman–Crippen MR) is 192 cm³/mol. The predicted octanol–water partition coefficient (Wildman–Crippen LogP) is 8.61. The van der Waals surface area contributed by atoms with E-state index in [1.807, 2.05) is 0 Å². The fourth-order valence-corrected chi connectivity index (χ4v) is 11.9. The van der Waals surface area contributed by atoms with Crippen LogP contribution in [0.25, 0.3) is 0 Å². The van der Waals surface area contributed by atoms with Crippen LogP contribution in [-0.4, -0.2) is 56.6 Å². The second-order valence-corrected chi connectivity index (χ2v) is 17.6. The maximum Gasteiger partial charge on any atom is 0.314 e. The van der Waals surface area contributed by atoms with Crippen LogP contribution in [0.5, 0.6) is 0 Å². The molecule has 0 aromatic rings. The number of carbonyl (C=O) groups excluding carboxylic acids is 3. The summed E-state index contributed by atoms with van der Waals surface area (Å²) in [6, 6.07) is 0. The van der Waals surface area contributed by atoms with Crippen LogP contribution < -0.4 is 0 Å². The van der Waals surface area contributed by atoms with Crippen LogP contribution in [0.4, 0.5) is 0 Å². The monoisotopic (exact) mass is 716 g/mol. The van der Waals surface area contributed by atoms with E-state index in [4.69, 9.17) is 28.4 Å². The Labute approximate surface area is 307 Å². The summed E-state index contributed by atoms with van der Waals surface area (Å²) in [5, 5.41) is 0. The second kappa shape index (κ2) is 17.6. The summed E-state index contributed by atoms with van der Waals surface area (Å²) < 4.78 is 34.3. The fourth-order valence-electron chi connectivity index (χ4n) is 11.9. The molecule has 7 aliphatic rings. The fraction of sp³-hybridized carbons (Fsp3) is 0.929. The smallest absolute Gasteiger partial charge is 0.314 e. The van der Waals surface area contributed by atoms with Gasteiger partial charge in [-0.1, -0.05) is 47.0 Å². The van der Waals surface area contributed by atoms with Gasteiger partial charge in [0.25, 0.3) is 0 Å². The van der Waals surface area contributed by atoms with Crippen molar-refractivity contribution in [2.45, 2.75) is 163 Å².